The maximum Gasteiger partial charge on any atom is 0.335 e. The number of benzene rings is 1. The van der Waals surface area contributed by atoms with Gasteiger partial charge in [0.1, 0.15) is 5.82 Å². The first-order chi connectivity index (χ1) is 10.5. The van der Waals surface area contributed by atoms with Crippen LogP contribution >= 0.6 is 0 Å². The van der Waals surface area contributed by atoms with E-state index in [0.717, 1.165) is 6.07 Å². The molecule has 0 aliphatic carbocycles. The molecule has 2 fully saturated rings. The van der Waals surface area contributed by atoms with Crippen molar-refractivity contribution in [1.82, 2.24) is 4.90 Å². The van der Waals surface area contributed by atoms with Gasteiger partial charge in [0.15, 0.2) is 0 Å². The lowest BCUT2D eigenvalue weighted by molar-refractivity contribution is -0.0552. The van der Waals surface area contributed by atoms with E-state index in [4.69, 9.17) is 14.6 Å². The first-order valence-electron chi connectivity index (χ1n) is 7.04. The topological polar surface area (TPSA) is 76.1 Å². The number of hydrogen-bond donors (Lipinski definition) is 1. The summed E-state index contributed by atoms with van der Waals surface area (Å²) in [6.07, 6.45) is 0.646. The molecule has 1 aromatic rings. The summed E-state index contributed by atoms with van der Waals surface area (Å²) in [6, 6.07) is 3.32. The number of halogens is 1. The predicted molar refractivity (Wildman–Crippen MR) is 73.4 cm³/mol. The predicted octanol–water partition coefficient (Wildman–Crippen LogP) is 1.16. The molecule has 2 aliphatic rings. The van der Waals surface area contributed by atoms with Crippen molar-refractivity contribution in [3.63, 3.8) is 0 Å². The van der Waals surface area contributed by atoms with E-state index >= 15 is 0 Å². The largest absolute Gasteiger partial charge is 0.478 e. The molecule has 0 bridgehead atoms. The summed E-state index contributed by atoms with van der Waals surface area (Å²) in [5, 5.41) is 8.86. The van der Waals surface area contributed by atoms with Crippen LogP contribution in [-0.2, 0) is 9.47 Å². The van der Waals surface area contributed by atoms with E-state index < -0.39 is 23.2 Å². The van der Waals surface area contributed by atoms with Gasteiger partial charge < -0.3 is 19.5 Å². The summed E-state index contributed by atoms with van der Waals surface area (Å²) in [5.74, 6) is -2.52. The Balaban J connectivity index is 1.91. The summed E-state index contributed by atoms with van der Waals surface area (Å²) in [6.45, 7) is 2.03. The average Bonchev–Trinajstić information content (AvgIpc) is 2.95. The molecule has 7 heteroatoms. The second kappa shape index (κ2) is 5.66. The summed E-state index contributed by atoms with van der Waals surface area (Å²) in [4.78, 5) is 25.1. The number of amides is 1. The van der Waals surface area contributed by atoms with Crippen LogP contribution in [0.1, 0.15) is 27.1 Å². The number of rotatable bonds is 2. The molecule has 0 radical (unpaired) electrons. The first-order valence-corrected chi connectivity index (χ1v) is 7.04. The van der Waals surface area contributed by atoms with Crippen molar-refractivity contribution in [1.29, 1.82) is 0 Å². The van der Waals surface area contributed by atoms with Crippen molar-refractivity contribution in [3.05, 3.63) is 35.1 Å². The third kappa shape index (κ3) is 2.46. The molecule has 1 aromatic carbocycles. The van der Waals surface area contributed by atoms with Crippen molar-refractivity contribution in [2.75, 3.05) is 33.0 Å². The summed E-state index contributed by atoms with van der Waals surface area (Å²) >= 11 is 0. The minimum Gasteiger partial charge on any atom is -0.478 e. The minimum atomic E-state index is -1.23. The number of carbonyl (C=O) groups excluding carboxylic acids is 1. The standard InChI is InChI=1S/C15H16FNO5/c16-12-7-10(14(19)20)1-2-11(12)13(18)17-4-6-22-9-15(17)3-5-21-8-15/h1-2,7H,3-6,8-9H2,(H,19,20). The van der Waals surface area contributed by atoms with Gasteiger partial charge in [-0.25, -0.2) is 9.18 Å². The molecule has 1 amide bonds. The van der Waals surface area contributed by atoms with Gasteiger partial charge in [0.25, 0.3) is 5.91 Å². The van der Waals surface area contributed by atoms with Crippen molar-refractivity contribution < 1.29 is 28.6 Å². The Kier molecular flexibility index (Phi) is 3.84. The molecule has 1 spiro atoms. The number of aromatic carboxylic acids is 1. The lowest BCUT2D eigenvalue weighted by atomic mass is 9.94. The molecule has 1 unspecified atom stereocenters. The van der Waals surface area contributed by atoms with Crippen LogP contribution in [0, 0.1) is 5.82 Å². The van der Waals surface area contributed by atoms with E-state index in [-0.39, 0.29) is 11.1 Å². The van der Waals surface area contributed by atoms with Gasteiger partial charge in [0.05, 0.1) is 36.5 Å². The zero-order valence-corrected chi connectivity index (χ0v) is 11.9. The second-order valence-electron chi connectivity index (χ2n) is 5.54. The number of carboxylic acid groups (broad SMARTS) is 1. The Morgan fingerprint density at radius 3 is 2.59 bits per heavy atom. The Morgan fingerprint density at radius 1 is 1.23 bits per heavy atom. The van der Waals surface area contributed by atoms with Gasteiger partial charge in [-0.2, -0.15) is 0 Å². The van der Waals surface area contributed by atoms with Crippen molar-refractivity contribution in [2.24, 2.45) is 0 Å². The molecule has 1 N–H and O–H groups in total. The van der Waals surface area contributed by atoms with Gasteiger partial charge in [-0.3, -0.25) is 4.79 Å². The summed E-state index contributed by atoms with van der Waals surface area (Å²) < 4.78 is 25.0. The lowest BCUT2D eigenvalue weighted by Crippen LogP contribution is -2.59. The number of carboxylic acids is 1. The van der Waals surface area contributed by atoms with Crippen LogP contribution in [0.2, 0.25) is 0 Å². The number of carbonyl (C=O) groups is 2. The molecule has 0 saturated carbocycles. The minimum absolute atomic E-state index is 0.127. The van der Waals surface area contributed by atoms with Crippen LogP contribution in [0.4, 0.5) is 4.39 Å². The van der Waals surface area contributed by atoms with E-state index in [1.165, 1.54) is 12.1 Å². The fourth-order valence-corrected chi connectivity index (χ4v) is 2.94. The molecule has 3 rings (SSSR count). The summed E-state index contributed by atoms with van der Waals surface area (Å²) in [5.41, 5.74) is -0.860. The number of nitrogens with zero attached hydrogens (tertiary/aromatic N) is 1. The van der Waals surface area contributed by atoms with Gasteiger partial charge in [0.2, 0.25) is 0 Å². The van der Waals surface area contributed by atoms with E-state index in [0.29, 0.717) is 39.4 Å². The van der Waals surface area contributed by atoms with Gasteiger partial charge in [-0.05, 0) is 24.6 Å². The van der Waals surface area contributed by atoms with Crippen LogP contribution in [-0.4, -0.2) is 60.4 Å². The molecule has 6 nitrogen and oxygen atoms in total. The molecule has 2 saturated heterocycles. The molecule has 1 atom stereocenters. The van der Waals surface area contributed by atoms with Crippen molar-refractivity contribution >= 4 is 11.9 Å². The molecular formula is C15H16FNO5. The molecular weight excluding hydrogens is 293 g/mol. The van der Waals surface area contributed by atoms with Gasteiger partial charge in [-0.1, -0.05) is 0 Å². The van der Waals surface area contributed by atoms with E-state index in [1.54, 1.807) is 4.90 Å². The number of hydrogen-bond acceptors (Lipinski definition) is 4. The third-order valence-corrected chi connectivity index (χ3v) is 4.18. The monoisotopic (exact) mass is 309 g/mol. The molecule has 118 valence electrons. The van der Waals surface area contributed by atoms with Crippen LogP contribution in [0.3, 0.4) is 0 Å². The van der Waals surface area contributed by atoms with Crippen LogP contribution in [0.15, 0.2) is 18.2 Å². The van der Waals surface area contributed by atoms with Crippen molar-refractivity contribution in [2.45, 2.75) is 12.0 Å². The van der Waals surface area contributed by atoms with Crippen LogP contribution in [0.5, 0.6) is 0 Å². The van der Waals surface area contributed by atoms with Crippen LogP contribution in [0.25, 0.3) is 0 Å². The highest BCUT2D eigenvalue weighted by atomic mass is 19.1. The fourth-order valence-electron chi connectivity index (χ4n) is 2.94. The first kappa shape index (κ1) is 14.9. The van der Waals surface area contributed by atoms with Gasteiger partial charge in [-0.15, -0.1) is 0 Å². The zero-order chi connectivity index (χ0) is 15.7. The maximum atomic E-state index is 14.1. The van der Waals surface area contributed by atoms with Crippen LogP contribution < -0.4 is 0 Å². The quantitative estimate of drug-likeness (QED) is 0.887. The summed E-state index contributed by atoms with van der Waals surface area (Å²) in [7, 11) is 0. The highest BCUT2D eigenvalue weighted by molar-refractivity contribution is 5.96. The molecule has 22 heavy (non-hydrogen) atoms. The van der Waals surface area contributed by atoms with E-state index in [9.17, 15) is 14.0 Å². The maximum absolute atomic E-state index is 14.1. The Labute approximate surface area is 126 Å². The fraction of sp³-hybridized carbons (Fsp3) is 0.467. The van der Waals surface area contributed by atoms with Gasteiger partial charge in [0, 0.05) is 13.2 Å². The van der Waals surface area contributed by atoms with Crippen molar-refractivity contribution in [3.8, 4) is 0 Å². The highest BCUT2D eigenvalue weighted by Crippen LogP contribution is 2.31. The van der Waals surface area contributed by atoms with E-state index in [2.05, 4.69) is 0 Å². The highest BCUT2D eigenvalue weighted by Gasteiger charge is 2.46. The SMILES string of the molecule is O=C(O)c1ccc(C(=O)N2CCOCC23CCOC3)c(F)c1. The number of ether oxygens (including phenoxy) is 2. The smallest absolute Gasteiger partial charge is 0.335 e. The second-order valence-corrected chi connectivity index (χ2v) is 5.54. The lowest BCUT2D eigenvalue weighted by Gasteiger charge is -2.43. The Bertz CT molecular complexity index is 612. The van der Waals surface area contributed by atoms with Gasteiger partial charge >= 0.3 is 5.97 Å². The zero-order valence-electron chi connectivity index (χ0n) is 11.9. The third-order valence-electron chi connectivity index (χ3n) is 4.18. The Morgan fingerprint density at radius 2 is 1.95 bits per heavy atom. The normalized spacial score (nSPS) is 24.7. The Hall–Kier alpha value is -1.99. The van der Waals surface area contributed by atoms with E-state index in [1.807, 2.05) is 0 Å². The molecule has 0 aromatic heterocycles. The number of morpholine rings is 1. The molecule has 2 heterocycles. The molecule has 2 aliphatic heterocycles. The average molecular weight is 309 g/mol.